The van der Waals surface area contributed by atoms with E-state index in [-0.39, 0.29) is 23.6 Å². The van der Waals surface area contributed by atoms with Gasteiger partial charge in [-0.25, -0.2) is 0 Å². The van der Waals surface area contributed by atoms with Crippen molar-refractivity contribution in [2.24, 2.45) is 5.92 Å². The summed E-state index contributed by atoms with van der Waals surface area (Å²) in [6.45, 7) is 0.767. The second kappa shape index (κ2) is 7.76. The van der Waals surface area contributed by atoms with Gasteiger partial charge >= 0.3 is 6.61 Å². The van der Waals surface area contributed by atoms with Crippen molar-refractivity contribution in [3.63, 3.8) is 0 Å². The number of hydrogen-bond donors (Lipinski definition) is 2. The Kier molecular flexibility index (Phi) is 5.60. The molecule has 1 aromatic carbocycles. The number of pyridine rings is 1. The molecule has 0 bridgehead atoms. The van der Waals surface area contributed by atoms with Crippen LogP contribution in [0.15, 0.2) is 30.5 Å². The van der Waals surface area contributed by atoms with Crippen LogP contribution in [0.1, 0.15) is 49.9 Å². The highest BCUT2D eigenvalue weighted by Crippen LogP contribution is 2.32. The van der Waals surface area contributed by atoms with E-state index in [9.17, 15) is 18.7 Å². The molecule has 1 amide bonds. The minimum Gasteiger partial charge on any atom is -0.435 e. The van der Waals surface area contributed by atoms with Crippen LogP contribution in [0.4, 0.5) is 8.78 Å². The zero-order chi connectivity index (χ0) is 19.6. The average Bonchev–Trinajstić information content (AvgIpc) is 2.60. The van der Waals surface area contributed by atoms with E-state index < -0.39 is 12.2 Å². The highest BCUT2D eigenvalue weighted by molar-refractivity contribution is 5.97. The molecule has 1 aliphatic rings. The third kappa shape index (κ3) is 4.91. The number of rotatable bonds is 5. The molecule has 0 spiro atoms. The standard InChI is InChI=1S/C20H24F2N2O3/c1-20(2,26)14-4-6-15(7-5-14)24-18(25)13-9-12-3-8-16(27-19(21)22)10-17(12)23-11-13/h3,8-11,14-15,19,26H,4-7H2,1-2H3,(H,24,25). The topological polar surface area (TPSA) is 71.5 Å². The number of aliphatic hydroxyl groups is 1. The maximum atomic E-state index is 12.5. The SMILES string of the molecule is CC(C)(O)C1CCC(NC(=O)c2cnc3cc(OC(F)F)ccc3c2)CC1. The van der Waals surface area contributed by atoms with Crippen molar-refractivity contribution < 1.29 is 23.4 Å². The smallest absolute Gasteiger partial charge is 0.387 e. The quantitative estimate of drug-likeness (QED) is 0.828. The van der Waals surface area contributed by atoms with Gasteiger partial charge in [0.25, 0.3) is 5.91 Å². The highest BCUT2D eigenvalue weighted by atomic mass is 19.3. The number of fused-ring (bicyclic) bond motifs is 1. The Balaban J connectivity index is 1.64. The van der Waals surface area contributed by atoms with E-state index >= 15 is 0 Å². The summed E-state index contributed by atoms with van der Waals surface area (Å²) >= 11 is 0. The molecule has 0 atom stereocenters. The molecular weight excluding hydrogens is 354 g/mol. The van der Waals surface area contributed by atoms with Crippen LogP contribution in [0, 0.1) is 5.92 Å². The Labute approximate surface area is 156 Å². The molecule has 5 nitrogen and oxygen atoms in total. The van der Waals surface area contributed by atoms with E-state index in [1.54, 1.807) is 12.1 Å². The summed E-state index contributed by atoms with van der Waals surface area (Å²) in [5.74, 6) is 0.0763. The summed E-state index contributed by atoms with van der Waals surface area (Å²) < 4.78 is 28.9. The first-order chi connectivity index (χ1) is 12.7. The van der Waals surface area contributed by atoms with E-state index in [0.29, 0.717) is 16.5 Å². The molecule has 1 aromatic heterocycles. The van der Waals surface area contributed by atoms with Crippen molar-refractivity contribution in [2.75, 3.05) is 0 Å². The molecule has 1 heterocycles. The first-order valence-corrected chi connectivity index (χ1v) is 9.10. The fourth-order valence-corrected chi connectivity index (χ4v) is 3.61. The van der Waals surface area contributed by atoms with E-state index in [1.807, 2.05) is 13.8 Å². The van der Waals surface area contributed by atoms with Gasteiger partial charge in [-0.3, -0.25) is 9.78 Å². The van der Waals surface area contributed by atoms with Gasteiger partial charge in [0.2, 0.25) is 0 Å². The fourth-order valence-electron chi connectivity index (χ4n) is 3.61. The third-order valence-electron chi connectivity index (χ3n) is 5.20. The summed E-state index contributed by atoms with van der Waals surface area (Å²) in [4.78, 5) is 16.7. The van der Waals surface area contributed by atoms with Gasteiger partial charge in [-0.05, 0) is 63.6 Å². The number of carbonyl (C=O) groups excluding carboxylic acids is 1. The molecule has 1 fully saturated rings. The molecule has 3 rings (SSSR count). The molecular formula is C20H24F2N2O3. The number of alkyl halides is 2. The Bertz CT molecular complexity index is 812. The molecule has 0 aliphatic heterocycles. The minimum atomic E-state index is -2.89. The zero-order valence-corrected chi connectivity index (χ0v) is 15.4. The Hall–Kier alpha value is -2.28. The van der Waals surface area contributed by atoms with Gasteiger partial charge in [-0.15, -0.1) is 0 Å². The molecule has 2 N–H and O–H groups in total. The molecule has 0 saturated heterocycles. The van der Waals surface area contributed by atoms with E-state index in [0.717, 1.165) is 25.7 Å². The van der Waals surface area contributed by atoms with E-state index in [2.05, 4.69) is 15.0 Å². The number of hydrogen-bond acceptors (Lipinski definition) is 4. The number of amides is 1. The number of benzene rings is 1. The Morgan fingerprint density at radius 2 is 1.96 bits per heavy atom. The van der Waals surface area contributed by atoms with Crippen molar-refractivity contribution in [3.8, 4) is 5.75 Å². The second-order valence-corrected chi connectivity index (χ2v) is 7.63. The number of ether oxygens (including phenoxy) is 1. The lowest BCUT2D eigenvalue weighted by Gasteiger charge is -2.36. The molecule has 2 aromatic rings. The van der Waals surface area contributed by atoms with Gasteiger partial charge in [0.15, 0.2) is 0 Å². The largest absolute Gasteiger partial charge is 0.435 e. The molecule has 1 aliphatic carbocycles. The predicted octanol–water partition coefficient (Wildman–Crippen LogP) is 3.90. The lowest BCUT2D eigenvalue weighted by atomic mass is 9.77. The summed E-state index contributed by atoms with van der Waals surface area (Å²) in [7, 11) is 0. The molecule has 0 radical (unpaired) electrons. The van der Waals surface area contributed by atoms with Crippen molar-refractivity contribution in [1.29, 1.82) is 0 Å². The molecule has 1 saturated carbocycles. The van der Waals surface area contributed by atoms with Crippen molar-refractivity contribution in [3.05, 3.63) is 36.0 Å². The first kappa shape index (κ1) is 19.5. The maximum Gasteiger partial charge on any atom is 0.387 e. The van der Waals surface area contributed by atoms with E-state index in [1.165, 1.54) is 18.3 Å². The van der Waals surface area contributed by atoms with Crippen LogP contribution in [0.5, 0.6) is 5.75 Å². The molecule has 0 unspecified atom stereocenters. The number of halogens is 2. The Morgan fingerprint density at radius 3 is 2.59 bits per heavy atom. The van der Waals surface area contributed by atoms with Crippen LogP contribution in [0.25, 0.3) is 10.9 Å². The number of nitrogens with zero attached hydrogens (tertiary/aromatic N) is 1. The van der Waals surface area contributed by atoms with Crippen LogP contribution in [0.2, 0.25) is 0 Å². The molecule has 27 heavy (non-hydrogen) atoms. The normalized spacial score (nSPS) is 20.7. The van der Waals surface area contributed by atoms with Gasteiger partial charge in [-0.1, -0.05) is 0 Å². The van der Waals surface area contributed by atoms with Gasteiger partial charge in [0, 0.05) is 23.7 Å². The number of aromatic nitrogens is 1. The lowest BCUT2D eigenvalue weighted by Crippen LogP contribution is -2.41. The lowest BCUT2D eigenvalue weighted by molar-refractivity contribution is -0.0497. The third-order valence-corrected chi connectivity index (χ3v) is 5.20. The van der Waals surface area contributed by atoms with Crippen LogP contribution in [-0.2, 0) is 0 Å². The predicted molar refractivity (Wildman–Crippen MR) is 97.9 cm³/mol. The fraction of sp³-hybridized carbons (Fsp3) is 0.500. The molecule has 146 valence electrons. The number of nitrogens with one attached hydrogen (secondary N) is 1. The van der Waals surface area contributed by atoms with Crippen LogP contribution < -0.4 is 10.1 Å². The summed E-state index contributed by atoms with van der Waals surface area (Å²) in [5.41, 5.74) is 0.217. The molecule has 7 heteroatoms. The highest BCUT2D eigenvalue weighted by Gasteiger charge is 2.31. The number of carbonyl (C=O) groups is 1. The summed E-state index contributed by atoms with van der Waals surface area (Å²) in [5, 5.41) is 13.8. The monoisotopic (exact) mass is 378 g/mol. The first-order valence-electron chi connectivity index (χ1n) is 9.10. The van der Waals surface area contributed by atoms with Gasteiger partial charge in [0.1, 0.15) is 5.75 Å². The van der Waals surface area contributed by atoms with E-state index in [4.69, 9.17) is 0 Å². The Morgan fingerprint density at radius 1 is 1.26 bits per heavy atom. The van der Waals surface area contributed by atoms with Crippen LogP contribution >= 0.6 is 0 Å². The average molecular weight is 378 g/mol. The summed E-state index contributed by atoms with van der Waals surface area (Å²) in [6, 6.07) is 6.21. The van der Waals surface area contributed by atoms with Crippen LogP contribution in [0.3, 0.4) is 0 Å². The van der Waals surface area contributed by atoms with Crippen LogP contribution in [-0.4, -0.2) is 34.3 Å². The second-order valence-electron chi connectivity index (χ2n) is 7.63. The zero-order valence-electron chi connectivity index (χ0n) is 15.4. The minimum absolute atomic E-state index is 0.0331. The van der Waals surface area contributed by atoms with Gasteiger partial charge in [-0.2, -0.15) is 8.78 Å². The van der Waals surface area contributed by atoms with Gasteiger partial charge < -0.3 is 15.2 Å². The van der Waals surface area contributed by atoms with Crippen molar-refractivity contribution >= 4 is 16.8 Å². The summed E-state index contributed by atoms with van der Waals surface area (Å²) in [6.07, 6.45) is 4.84. The van der Waals surface area contributed by atoms with Crippen molar-refractivity contribution in [1.82, 2.24) is 10.3 Å². The van der Waals surface area contributed by atoms with Crippen molar-refractivity contribution in [2.45, 2.75) is 57.8 Å². The van der Waals surface area contributed by atoms with Gasteiger partial charge in [0.05, 0.1) is 16.7 Å². The maximum absolute atomic E-state index is 12.5.